The van der Waals surface area contributed by atoms with E-state index in [0.717, 1.165) is 58.5 Å². The van der Waals surface area contributed by atoms with E-state index in [1.165, 1.54) is 63.4 Å². The van der Waals surface area contributed by atoms with Crippen LogP contribution in [0.3, 0.4) is 0 Å². The van der Waals surface area contributed by atoms with Crippen LogP contribution in [-0.2, 0) is 12.8 Å². The molecule has 1 heterocycles. The van der Waals surface area contributed by atoms with E-state index in [1.807, 2.05) is 12.1 Å². The minimum absolute atomic E-state index is 0.255. The maximum Gasteiger partial charge on any atom is 0.198 e. The largest absolute Gasteiger partial charge is 0.441 e. The van der Waals surface area contributed by atoms with Gasteiger partial charge in [-0.15, -0.1) is 0 Å². The zero-order chi connectivity index (χ0) is 26.0. The number of fused-ring (bicyclic) bond motifs is 3. The standard InChI is InChI=1S/C34H41FOS/c1-3-5-7-9-10-11-13-15-27-20-23-30-29-22-21-28(24-31(29)34(37)36-33(30)32(27)35)26-18-16-25(17-19-26)14-12-8-6-4-2/h16-24H,3-15H2,1-2H3. The fraction of sp³-hybridized carbons (Fsp3) is 0.441. The Labute approximate surface area is 227 Å². The van der Waals surface area contributed by atoms with Crippen LogP contribution in [0.25, 0.3) is 32.9 Å². The molecule has 4 aromatic rings. The van der Waals surface area contributed by atoms with E-state index in [4.69, 9.17) is 16.6 Å². The average Bonchev–Trinajstić information content (AvgIpc) is 2.92. The Balaban J connectivity index is 1.50. The molecule has 0 aliphatic carbocycles. The summed E-state index contributed by atoms with van der Waals surface area (Å²) < 4.78 is 21.7. The van der Waals surface area contributed by atoms with Crippen molar-refractivity contribution in [3.05, 3.63) is 76.2 Å². The summed E-state index contributed by atoms with van der Waals surface area (Å²) in [5, 5.41) is 2.60. The van der Waals surface area contributed by atoms with Gasteiger partial charge >= 0.3 is 0 Å². The Morgan fingerprint density at radius 2 is 1.22 bits per heavy atom. The first-order valence-corrected chi connectivity index (χ1v) is 14.8. The van der Waals surface area contributed by atoms with Crippen molar-refractivity contribution in [1.82, 2.24) is 0 Å². The molecule has 0 N–H and O–H groups in total. The maximum atomic E-state index is 15.4. The van der Waals surface area contributed by atoms with Gasteiger partial charge in [0.15, 0.2) is 16.1 Å². The van der Waals surface area contributed by atoms with E-state index in [0.29, 0.717) is 4.71 Å². The molecule has 0 radical (unpaired) electrons. The Kier molecular flexibility index (Phi) is 10.3. The van der Waals surface area contributed by atoms with Crippen LogP contribution >= 0.6 is 12.2 Å². The molecule has 1 nitrogen and oxygen atoms in total. The molecule has 196 valence electrons. The monoisotopic (exact) mass is 516 g/mol. The van der Waals surface area contributed by atoms with Gasteiger partial charge in [-0.25, -0.2) is 4.39 Å². The van der Waals surface area contributed by atoms with Crippen LogP contribution in [0.2, 0.25) is 0 Å². The number of halogens is 1. The second kappa shape index (κ2) is 13.9. The molecule has 0 unspecified atom stereocenters. The van der Waals surface area contributed by atoms with Crippen LogP contribution in [0.15, 0.2) is 59.0 Å². The molecule has 0 saturated carbocycles. The Morgan fingerprint density at radius 1 is 0.622 bits per heavy atom. The van der Waals surface area contributed by atoms with Crippen molar-refractivity contribution >= 4 is 34.0 Å². The normalized spacial score (nSPS) is 11.5. The van der Waals surface area contributed by atoms with E-state index in [1.54, 1.807) is 0 Å². The lowest BCUT2D eigenvalue weighted by Gasteiger charge is -2.10. The summed E-state index contributed by atoms with van der Waals surface area (Å²) in [5.74, 6) is -0.255. The third kappa shape index (κ3) is 7.08. The third-order valence-electron chi connectivity index (χ3n) is 7.56. The van der Waals surface area contributed by atoms with Crippen LogP contribution in [0.1, 0.15) is 95.6 Å². The summed E-state index contributed by atoms with van der Waals surface area (Å²) in [4.78, 5) is 0. The molecule has 0 amide bonds. The van der Waals surface area contributed by atoms with Crippen molar-refractivity contribution in [2.75, 3.05) is 0 Å². The molecule has 4 rings (SSSR count). The van der Waals surface area contributed by atoms with E-state index in [2.05, 4.69) is 56.3 Å². The number of hydrogen-bond acceptors (Lipinski definition) is 2. The van der Waals surface area contributed by atoms with E-state index in [-0.39, 0.29) is 11.4 Å². The van der Waals surface area contributed by atoms with E-state index >= 15 is 4.39 Å². The summed E-state index contributed by atoms with van der Waals surface area (Å²) >= 11 is 5.61. The first-order chi connectivity index (χ1) is 18.1. The van der Waals surface area contributed by atoms with Gasteiger partial charge in [-0.3, -0.25) is 0 Å². The highest BCUT2D eigenvalue weighted by atomic mass is 32.1. The molecular weight excluding hydrogens is 475 g/mol. The average molecular weight is 517 g/mol. The van der Waals surface area contributed by atoms with E-state index < -0.39 is 0 Å². The molecule has 0 bridgehead atoms. The first kappa shape index (κ1) is 27.5. The number of benzene rings is 3. The maximum absolute atomic E-state index is 15.4. The van der Waals surface area contributed by atoms with Crippen molar-refractivity contribution in [1.29, 1.82) is 0 Å². The minimum Gasteiger partial charge on any atom is -0.441 e. The van der Waals surface area contributed by atoms with Gasteiger partial charge < -0.3 is 4.42 Å². The molecule has 0 atom stereocenters. The number of aryl methyl sites for hydroxylation is 2. The van der Waals surface area contributed by atoms with Gasteiger partial charge in [0.25, 0.3) is 0 Å². The molecule has 0 aliphatic rings. The predicted molar refractivity (Wildman–Crippen MR) is 159 cm³/mol. The summed E-state index contributed by atoms with van der Waals surface area (Å²) in [7, 11) is 0. The molecule has 1 aromatic heterocycles. The highest BCUT2D eigenvalue weighted by Gasteiger charge is 2.14. The highest BCUT2D eigenvalue weighted by molar-refractivity contribution is 7.71. The summed E-state index contributed by atoms with van der Waals surface area (Å²) in [6.45, 7) is 4.48. The number of rotatable bonds is 14. The van der Waals surface area contributed by atoms with Gasteiger partial charge in [0.05, 0.1) is 0 Å². The van der Waals surface area contributed by atoms with Crippen molar-refractivity contribution in [3.63, 3.8) is 0 Å². The summed E-state index contributed by atoms with van der Waals surface area (Å²) in [6, 6.07) is 19.0. The van der Waals surface area contributed by atoms with Crippen LogP contribution in [-0.4, -0.2) is 0 Å². The summed E-state index contributed by atoms with van der Waals surface area (Å²) in [6.07, 6.45) is 15.5. The SMILES string of the molecule is CCCCCCCCCc1ccc2c(oc(=S)c3cc(-c4ccc(CCCCCC)cc4)ccc32)c1F. The molecule has 0 spiro atoms. The molecule has 3 heteroatoms. The highest BCUT2D eigenvalue weighted by Crippen LogP contribution is 2.33. The van der Waals surface area contributed by atoms with Crippen molar-refractivity contribution in [2.45, 2.75) is 97.3 Å². The lowest BCUT2D eigenvalue weighted by Crippen LogP contribution is -1.94. The molecular formula is C34H41FOS. The Morgan fingerprint density at radius 3 is 1.95 bits per heavy atom. The zero-order valence-corrected chi connectivity index (χ0v) is 23.4. The van der Waals surface area contributed by atoms with Crippen LogP contribution in [0, 0.1) is 10.5 Å². The van der Waals surface area contributed by atoms with Gasteiger partial charge in [0, 0.05) is 10.8 Å². The van der Waals surface area contributed by atoms with E-state index in [9.17, 15) is 0 Å². The molecule has 0 fully saturated rings. The number of unbranched alkanes of at least 4 members (excludes halogenated alkanes) is 9. The smallest absolute Gasteiger partial charge is 0.198 e. The third-order valence-corrected chi connectivity index (χ3v) is 7.86. The summed E-state index contributed by atoms with van der Waals surface area (Å²) in [5.41, 5.74) is 4.66. The van der Waals surface area contributed by atoms with Crippen LogP contribution in [0.4, 0.5) is 4.39 Å². The van der Waals surface area contributed by atoms with Gasteiger partial charge in [-0.05, 0) is 71.6 Å². The van der Waals surface area contributed by atoms with Gasteiger partial charge in [-0.1, -0.05) is 120 Å². The fourth-order valence-electron chi connectivity index (χ4n) is 5.27. The lowest BCUT2D eigenvalue weighted by molar-refractivity contribution is 0.533. The molecule has 37 heavy (non-hydrogen) atoms. The first-order valence-electron chi connectivity index (χ1n) is 14.4. The fourth-order valence-corrected chi connectivity index (χ4v) is 5.52. The van der Waals surface area contributed by atoms with Crippen molar-refractivity contribution in [3.8, 4) is 11.1 Å². The van der Waals surface area contributed by atoms with Crippen molar-refractivity contribution in [2.24, 2.45) is 0 Å². The van der Waals surface area contributed by atoms with Crippen LogP contribution < -0.4 is 0 Å². The van der Waals surface area contributed by atoms with Gasteiger partial charge in [0.2, 0.25) is 0 Å². The van der Waals surface area contributed by atoms with Crippen LogP contribution in [0.5, 0.6) is 0 Å². The second-order valence-electron chi connectivity index (χ2n) is 10.4. The minimum atomic E-state index is -0.255. The zero-order valence-electron chi connectivity index (χ0n) is 22.6. The lowest BCUT2D eigenvalue weighted by atomic mass is 9.97. The van der Waals surface area contributed by atoms with Crippen molar-refractivity contribution < 1.29 is 8.81 Å². The topological polar surface area (TPSA) is 13.1 Å². The Hall–Kier alpha value is -2.52. The van der Waals surface area contributed by atoms with Gasteiger partial charge in [-0.2, -0.15) is 0 Å². The van der Waals surface area contributed by atoms with Gasteiger partial charge in [0.1, 0.15) is 0 Å². The molecule has 0 aliphatic heterocycles. The quantitative estimate of drug-likeness (QED) is 0.0939. The number of hydrogen-bond donors (Lipinski definition) is 0. The molecule has 3 aromatic carbocycles. The predicted octanol–water partition coefficient (Wildman–Crippen LogP) is 11.5. The Bertz CT molecular complexity index is 1350. The second-order valence-corrected chi connectivity index (χ2v) is 10.8. The molecule has 0 saturated heterocycles.